The summed E-state index contributed by atoms with van der Waals surface area (Å²) in [4.78, 5) is 47.4. The van der Waals surface area contributed by atoms with E-state index in [0.717, 1.165) is 31.2 Å². The van der Waals surface area contributed by atoms with E-state index in [1.54, 1.807) is 6.20 Å². The molecule has 9 heteroatoms. The van der Waals surface area contributed by atoms with E-state index in [0.29, 0.717) is 24.5 Å². The third-order valence-electron chi connectivity index (χ3n) is 7.92. The van der Waals surface area contributed by atoms with Crippen LogP contribution in [0.4, 0.5) is 0 Å². The summed E-state index contributed by atoms with van der Waals surface area (Å²) >= 11 is 0. The summed E-state index contributed by atoms with van der Waals surface area (Å²) < 4.78 is 0. The zero-order valence-corrected chi connectivity index (χ0v) is 24.2. The Balaban J connectivity index is 1.79. The molecule has 2 amide bonds. The standard InChI is InChI=1S/C31H47N5O4/c1-31(2,3)28(38)16-23(14-21-10-6-4-7-11-21)29(39)36-26(17-24-19-33-20-34-24)30(40)35-25(27(37)18-32)15-22-12-8-5-9-13-22/h4,6-7,10-11,19-20,22-23,25-27,37H,5,8-9,12-18,32H2,1-3H3,(H,33,34)(H,35,40)(H,36,39)/t23-,25+,26+,27+/m1/s1. The molecule has 1 saturated carbocycles. The average molecular weight is 554 g/mol. The van der Waals surface area contributed by atoms with Gasteiger partial charge in [0.15, 0.2) is 0 Å². The number of amides is 2. The summed E-state index contributed by atoms with van der Waals surface area (Å²) in [5, 5.41) is 16.6. The first-order valence-electron chi connectivity index (χ1n) is 14.6. The maximum atomic E-state index is 13.7. The quantitative estimate of drug-likeness (QED) is 0.243. The molecule has 0 spiro atoms. The van der Waals surface area contributed by atoms with Gasteiger partial charge in [0, 0.05) is 42.6 Å². The van der Waals surface area contributed by atoms with Crippen LogP contribution < -0.4 is 16.4 Å². The molecule has 3 rings (SSSR count). The lowest BCUT2D eigenvalue weighted by Gasteiger charge is -2.31. The molecule has 40 heavy (non-hydrogen) atoms. The third-order valence-corrected chi connectivity index (χ3v) is 7.92. The highest BCUT2D eigenvalue weighted by Gasteiger charge is 2.33. The number of H-pyrrole nitrogens is 1. The predicted molar refractivity (Wildman–Crippen MR) is 155 cm³/mol. The molecule has 1 heterocycles. The Bertz CT molecular complexity index is 1060. The Hall–Kier alpha value is -3.04. The van der Waals surface area contributed by atoms with E-state index in [9.17, 15) is 19.5 Å². The zero-order chi connectivity index (χ0) is 29.1. The second-order valence-corrected chi connectivity index (χ2v) is 12.3. The normalized spacial score (nSPS) is 17.4. The Morgan fingerprint density at radius 3 is 2.35 bits per heavy atom. The van der Waals surface area contributed by atoms with Crippen LogP contribution in [-0.2, 0) is 27.2 Å². The molecule has 1 aliphatic rings. The number of aromatic amines is 1. The van der Waals surface area contributed by atoms with Gasteiger partial charge in [0.05, 0.1) is 18.5 Å². The van der Waals surface area contributed by atoms with Crippen LogP contribution in [0.5, 0.6) is 0 Å². The lowest BCUT2D eigenvalue weighted by molar-refractivity contribution is -0.135. The Labute approximate surface area is 238 Å². The van der Waals surface area contributed by atoms with Crippen molar-refractivity contribution >= 4 is 17.6 Å². The fraction of sp³-hybridized carbons (Fsp3) is 0.613. The van der Waals surface area contributed by atoms with Gasteiger partial charge in [-0.3, -0.25) is 14.4 Å². The first-order chi connectivity index (χ1) is 19.1. The number of Topliss-reactive ketones (excluding diaryl/α,β-unsaturated/α-hetero) is 1. The molecule has 0 bridgehead atoms. The summed E-state index contributed by atoms with van der Waals surface area (Å²) in [6, 6.07) is 8.14. The summed E-state index contributed by atoms with van der Waals surface area (Å²) in [5.74, 6) is -0.989. The van der Waals surface area contributed by atoms with Crippen molar-refractivity contribution in [2.24, 2.45) is 23.0 Å². The molecular weight excluding hydrogens is 506 g/mol. The number of aromatic nitrogens is 2. The molecule has 1 aromatic carbocycles. The predicted octanol–water partition coefficient (Wildman–Crippen LogP) is 3.08. The van der Waals surface area contributed by atoms with Crippen LogP contribution in [0.2, 0.25) is 0 Å². The number of hydrogen-bond donors (Lipinski definition) is 5. The molecule has 0 unspecified atom stereocenters. The van der Waals surface area contributed by atoms with Gasteiger partial charge in [0.1, 0.15) is 11.8 Å². The van der Waals surface area contributed by atoms with Crippen molar-refractivity contribution < 1.29 is 19.5 Å². The van der Waals surface area contributed by atoms with Crippen molar-refractivity contribution in [1.82, 2.24) is 20.6 Å². The fourth-order valence-corrected chi connectivity index (χ4v) is 5.34. The van der Waals surface area contributed by atoms with Gasteiger partial charge in [0.25, 0.3) is 0 Å². The lowest BCUT2D eigenvalue weighted by atomic mass is 9.83. The van der Waals surface area contributed by atoms with Crippen molar-refractivity contribution in [2.75, 3.05) is 6.54 Å². The molecule has 1 aromatic heterocycles. The Morgan fingerprint density at radius 2 is 1.75 bits per heavy atom. The number of ketones is 1. The summed E-state index contributed by atoms with van der Waals surface area (Å²) in [6.45, 7) is 5.56. The second kappa shape index (κ2) is 15.1. The molecule has 0 aliphatic heterocycles. The number of nitrogens with zero attached hydrogens (tertiary/aromatic N) is 1. The van der Waals surface area contributed by atoms with Gasteiger partial charge in [0.2, 0.25) is 11.8 Å². The number of aliphatic hydroxyl groups excluding tert-OH is 1. The van der Waals surface area contributed by atoms with Gasteiger partial charge in [-0.1, -0.05) is 83.2 Å². The number of nitrogens with two attached hydrogens (primary N) is 1. The van der Waals surface area contributed by atoms with Crippen LogP contribution in [0, 0.1) is 17.3 Å². The van der Waals surface area contributed by atoms with Gasteiger partial charge >= 0.3 is 0 Å². The molecule has 4 atom stereocenters. The van der Waals surface area contributed by atoms with E-state index in [1.165, 1.54) is 12.7 Å². The molecule has 220 valence electrons. The van der Waals surface area contributed by atoms with Crippen molar-refractivity contribution in [3.05, 3.63) is 54.1 Å². The Kier molecular flexibility index (Phi) is 11.9. The minimum absolute atomic E-state index is 0.0169. The van der Waals surface area contributed by atoms with Crippen LogP contribution in [0.3, 0.4) is 0 Å². The Morgan fingerprint density at radius 1 is 1.05 bits per heavy atom. The second-order valence-electron chi connectivity index (χ2n) is 12.3. The minimum atomic E-state index is -0.921. The minimum Gasteiger partial charge on any atom is -0.390 e. The van der Waals surface area contributed by atoms with Gasteiger partial charge < -0.3 is 26.5 Å². The molecule has 0 radical (unpaired) electrons. The average Bonchev–Trinajstić information content (AvgIpc) is 3.45. The number of rotatable bonds is 14. The van der Waals surface area contributed by atoms with E-state index >= 15 is 0 Å². The number of aliphatic hydroxyl groups is 1. The van der Waals surface area contributed by atoms with E-state index < -0.39 is 35.4 Å². The highest BCUT2D eigenvalue weighted by Crippen LogP contribution is 2.28. The zero-order valence-electron chi connectivity index (χ0n) is 24.2. The summed E-state index contributed by atoms with van der Waals surface area (Å²) in [7, 11) is 0. The highest BCUT2D eigenvalue weighted by molar-refractivity contribution is 5.92. The SMILES string of the molecule is CC(C)(C)C(=O)C[C@@H](Cc1ccccc1)C(=O)N[C@@H](Cc1cnc[nH]1)C(=O)N[C@@H](CC1CCCCC1)[C@@H](O)CN. The van der Waals surface area contributed by atoms with E-state index in [4.69, 9.17) is 5.73 Å². The topological polar surface area (TPSA) is 150 Å². The van der Waals surface area contributed by atoms with Gasteiger partial charge in [-0.15, -0.1) is 0 Å². The maximum absolute atomic E-state index is 13.7. The van der Waals surface area contributed by atoms with Crippen LogP contribution in [-0.4, -0.2) is 57.4 Å². The van der Waals surface area contributed by atoms with Crippen molar-refractivity contribution in [3.8, 4) is 0 Å². The van der Waals surface area contributed by atoms with Crippen LogP contribution in [0.15, 0.2) is 42.9 Å². The molecule has 0 saturated heterocycles. The van der Waals surface area contributed by atoms with Gasteiger partial charge in [-0.05, 0) is 24.3 Å². The van der Waals surface area contributed by atoms with Crippen molar-refractivity contribution in [1.29, 1.82) is 0 Å². The first-order valence-corrected chi connectivity index (χ1v) is 14.6. The number of hydrogen-bond acceptors (Lipinski definition) is 6. The molecule has 2 aromatic rings. The molecule has 9 nitrogen and oxygen atoms in total. The number of carbonyl (C=O) groups excluding carboxylic acids is 3. The highest BCUT2D eigenvalue weighted by atomic mass is 16.3. The van der Waals surface area contributed by atoms with Gasteiger partial charge in [-0.25, -0.2) is 4.98 Å². The lowest BCUT2D eigenvalue weighted by Crippen LogP contribution is -2.55. The van der Waals surface area contributed by atoms with Crippen LogP contribution >= 0.6 is 0 Å². The number of benzene rings is 1. The largest absolute Gasteiger partial charge is 0.390 e. The van der Waals surface area contributed by atoms with Crippen molar-refractivity contribution in [2.45, 2.75) is 96.7 Å². The van der Waals surface area contributed by atoms with Gasteiger partial charge in [-0.2, -0.15) is 0 Å². The number of nitrogens with one attached hydrogen (secondary N) is 3. The molecular formula is C31H47N5O4. The monoisotopic (exact) mass is 553 g/mol. The molecule has 1 aliphatic carbocycles. The van der Waals surface area contributed by atoms with Crippen LogP contribution in [0.1, 0.15) is 77.0 Å². The molecule has 6 N–H and O–H groups in total. The first kappa shape index (κ1) is 31.5. The van der Waals surface area contributed by atoms with Crippen LogP contribution in [0.25, 0.3) is 0 Å². The summed E-state index contributed by atoms with van der Waals surface area (Å²) in [6.07, 6.45) is 9.20. The van der Waals surface area contributed by atoms with E-state index in [1.807, 2.05) is 51.1 Å². The van der Waals surface area contributed by atoms with E-state index in [-0.39, 0.29) is 31.1 Å². The smallest absolute Gasteiger partial charge is 0.243 e. The number of carbonyl (C=O) groups is 3. The van der Waals surface area contributed by atoms with Crippen molar-refractivity contribution in [3.63, 3.8) is 0 Å². The van der Waals surface area contributed by atoms with E-state index in [2.05, 4.69) is 20.6 Å². The third kappa shape index (κ3) is 9.86. The summed E-state index contributed by atoms with van der Waals surface area (Å²) in [5.41, 5.74) is 6.84. The fourth-order valence-electron chi connectivity index (χ4n) is 5.34. The maximum Gasteiger partial charge on any atom is 0.243 e. The number of imidazole rings is 1. The molecule has 1 fully saturated rings.